The van der Waals surface area contributed by atoms with Crippen molar-refractivity contribution in [3.63, 3.8) is 0 Å². The molecule has 0 heterocycles. The maximum Gasteiger partial charge on any atom is 0.172 e. The van der Waals surface area contributed by atoms with Crippen LogP contribution in [0.25, 0.3) is 0 Å². The molecular weight excluding hydrogens is 210 g/mol. The Bertz CT molecular complexity index is 438. The van der Waals surface area contributed by atoms with Gasteiger partial charge in [-0.3, -0.25) is 0 Å². The van der Waals surface area contributed by atoms with Crippen molar-refractivity contribution in [2.75, 3.05) is 17.6 Å². The number of sulfone groups is 1. The number of rotatable bonds is 5. The second kappa shape index (κ2) is 4.98. The molecule has 0 spiro atoms. The Kier molecular flexibility index (Phi) is 3.91. The molecule has 0 atom stereocenters. The number of anilines is 1. The topological polar surface area (TPSA) is 46.2 Å². The first-order valence-electron chi connectivity index (χ1n) is 4.70. The van der Waals surface area contributed by atoms with Crippen molar-refractivity contribution < 1.29 is 8.42 Å². The average molecular weight is 225 g/mol. The molecule has 3 nitrogen and oxygen atoms in total. The van der Waals surface area contributed by atoms with E-state index < -0.39 is 9.84 Å². The van der Waals surface area contributed by atoms with E-state index in [1.807, 2.05) is 31.2 Å². The number of nitrogens with one attached hydrogen (secondary N) is 1. The molecule has 4 heteroatoms. The van der Waals surface area contributed by atoms with Crippen LogP contribution in [0.4, 0.5) is 5.69 Å². The summed E-state index contributed by atoms with van der Waals surface area (Å²) < 4.78 is 22.2. The minimum absolute atomic E-state index is 0.0742. The van der Waals surface area contributed by atoms with Gasteiger partial charge in [0.05, 0.1) is 5.75 Å². The Hall–Kier alpha value is -1.29. The molecule has 0 aliphatic carbocycles. The van der Waals surface area contributed by atoms with Crippen LogP contribution in [0, 0.1) is 6.92 Å². The Morgan fingerprint density at radius 2 is 2.07 bits per heavy atom. The van der Waals surface area contributed by atoms with Gasteiger partial charge in [-0.15, -0.1) is 0 Å². The van der Waals surface area contributed by atoms with E-state index in [-0.39, 0.29) is 5.75 Å². The number of para-hydroxylation sites is 1. The first-order chi connectivity index (χ1) is 7.05. The van der Waals surface area contributed by atoms with Gasteiger partial charge in [0.15, 0.2) is 9.84 Å². The van der Waals surface area contributed by atoms with Crippen LogP contribution in [-0.4, -0.2) is 20.7 Å². The van der Waals surface area contributed by atoms with Crippen LogP contribution in [0.1, 0.15) is 5.56 Å². The summed E-state index contributed by atoms with van der Waals surface area (Å²) in [5.41, 5.74) is 2.07. The number of aryl methyl sites for hydroxylation is 1. The molecule has 82 valence electrons. The van der Waals surface area contributed by atoms with Gasteiger partial charge in [-0.05, 0) is 18.6 Å². The van der Waals surface area contributed by atoms with Gasteiger partial charge in [-0.2, -0.15) is 0 Å². The molecule has 15 heavy (non-hydrogen) atoms. The van der Waals surface area contributed by atoms with Crippen LogP contribution < -0.4 is 5.32 Å². The van der Waals surface area contributed by atoms with Crippen LogP contribution in [0.2, 0.25) is 0 Å². The van der Waals surface area contributed by atoms with Crippen LogP contribution >= 0.6 is 0 Å². The van der Waals surface area contributed by atoms with Gasteiger partial charge in [0, 0.05) is 17.6 Å². The molecule has 0 fully saturated rings. The van der Waals surface area contributed by atoms with Crippen molar-refractivity contribution in [3.8, 4) is 0 Å². The zero-order chi connectivity index (χ0) is 11.3. The van der Waals surface area contributed by atoms with E-state index in [4.69, 9.17) is 0 Å². The molecule has 0 aliphatic rings. The highest BCUT2D eigenvalue weighted by Crippen LogP contribution is 2.12. The molecule has 1 N–H and O–H groups in total. The van der Waals surface area contributed by atoms with Gasteiger partial charge in [-0.25, -0.2) is 8.42 Å². The SMILES string of the molecule is C=CS(=O)(=O)CCNc1ccccc1C. The fourth-order valence-corrected chi connectivity index (χ4v) is 1.74. The molecule has 0 aromatic heterocycles. The highest BCUT2D eigenvalue weighted by molar-refractivity contribution is 7.94. The van der Waals surface area contributed by atoms with Crippen molar-refractivity contribution in [1.82, 2.24) is 0 Å². The van der Waals surface area contributed by atoms with Crippen molar-refractivity contribution in [2.24, 2.45) is 0 Å². The quantitative estimate of drug-likeness (QED) is 0.833. The molecule has 0 unspecified atom stereocenters. The van der Waals surface area contributed by atoms with E-state index in [0.717, 1.165) is 16.7 Å². The molecule has 0 radical (unpaired) electrons. The normalized spacial score (nSPS) is 11.0. The smallest absolute Gasteiger partial charge is 0.172 e. The summed E-state index contributed by atoms with van der Waals surface area (Å²) in [6, 6.07) is 7.76. The van der Waals surface area contributed by atoms with E-state index in [2.05, 4.69) is 11.9 Å². The van der Waals surface area contributed by atoms with E-state index >= 15 is 0 Å². The Labute approximate surface area is 90.7 Å². The van der Waals surface area contributed by atoms with E-state index in [1.54, 1.807) is 0 Å². The third kappa shape index (κ3) is 3.75. The van der Waals surface area contributed by atoms with Gasteiger partial charge >= 0.3 is 0 Å². The summed E-state index contributed by atoms with van der Waals surface area (Å²) in [6.07, 6.45) is 0. The third-order valence-electron chi connectivity index (χ3n) is 2.10. The van der Waals surface area contributed by atoms with E-state index in [1.165, 1.54) is 0 Å². The number of hydrogen-bond acceptors (Lipinski definition) is 3. The molecule has 0 bridgehead atoms. The first-order valence-corrected chi connectivity index (χ1v) is 6.41. The Morgan fingerprint density at radius 1 is 1.40 bits per heavy atom. The van der Waals surface area contributed by atoms with E-state index in [0.29, 0.717) is 6.54 Å². The maximum absolute atomic E-state index is 11.1. The zero-order valence-electron chi connectivity index (χ0n) is 8.73. The molecule has 0 saturated heterocycles. The second-order valence-electron chi connectivity index (χ2n) is 3.28. The Morgan fingerprint density at radius 3 is 2.67 bits per heavy atom. The standard InChI is InChI=1S/C11H15NO2S/c1-3-15(13,14)9-8-12-11-7-5-4-6-10(11)2/h3-7,12H,1,8-9H2,2H3. The van der Waals surface area contributed by atoms with Crippen LogP contribution in [0.3, 0.4) is 0 Å². The lowest BCUT2D eigenvalue weighted by Gasteiger charge is -2.08. The van der Waals surface area contributed by atoms with Crippen molar-refractivity contribution in [3.05, 3.63) is 41.8 Å². The maximum atomic E-state index is 11.1. The van der Waals surface area contributed by atoms with Crippen molar-refractivity contribution >= 4 is 15.5 Å². The molecule has 0 aliphatic heterocycles. The lowest BCUT2D eigenvalue weighted by atomic mass is 10.2. The molecule has 1 aromatic carbocycles. The summed E-state index contributed by atoms with van der Waals surface area (Å²) >= 11 is 0. The fourth-order valence-electron chi connectivity index (χ4n) is 1.18. The molecular formula is C11H15NO2S. The number of benzene rings is 1. The monoisotopic (exact) mass is 225 g/mol. The Balaban J connectivity index is 2.52. The predicted octanol–water partition coefficient (Wildman–Crippen LogP) is 1.97. The lowest BCUT2D eigenvalue weighted by molar-refractivity contribution is 0.605. The van der Waals surface area contributed by atoms with Gasteiger partial charge < -0.3 is 5.32 Å². The van der Waals surface area contributed by atoms with Gasteiger partial charge in [0.25, 0.3) is 0 Å². The largest absolute Gasteiger partial charge is 0.384 e. The molecule has 1 rings (SSSR count). The van der Waals surface area contributed by atoms with Crippen LogP contribution in [0.5, 0.6) is 0 Å². The third-order valence-corrected chi connectivity index (χ3v) is 3.38. The van der Waals surface area contributed by atoms with Gasteiger partial charge in [0.2, 0.25) is 0 Å². The average Bonchev–Trinajstić information content (AvgIpc) is 2.21. The minimum Gasteiger partial charge on any atom is -0.384 e. The van der Waals surface area contributed by atoms with Crippen molar-refractivity contribution in [1.29, 1.82) is 0 Å². The summed E-state index contributed by atoms with van der Waals surface area (Å²) in [6.45, 7) is 5.64. The van der Waals surface area contributed by atoms with Gasteiger partial charge in [-0.1, -0.05) is 24.8 Å². The first kappa shape index (κ1) is 11.8. The van der Waals surface area contributed by atoms with Crippen LogP contribution in [0.15, 0.2) is 36.3 Å². The molecule has 0 saturated carbocycles. The molecule has 0 amide bonds. The fraction of sp³-hybridized carbons (Fsp3) is 0.273. The molecule has 1 aromatic rings. The highest BCUT2D eigenvalue weighted by Gasteiger charge is 2.04. The van der Waals surface area contributed by atoms with Gasteiger partial charge in [0.1, 0.15) is 0 Å². The van der Waals surface area contributed by atoms with Crippen LogP contribution in [-0.2, 0) is 9.84 Å². The number of hydrogen-bond donors (Lipinski definition) is 1. The zero-order valence-corrected chi connectivity index (χ0v) is 9.55. The second-order valence-corrected chi connectivity index (χ2v) is 5.34. The van der Waals surface area contributed by atoms with E-state index in [9.17, 15) is 8.42 Å². The summed E-state index contributed by atoms with van der Waals surface area (Å²) in [5.74, 6) is 0.0742. The minimum atomic E-state index is -3.10. The summed E-state index contributed by atoms with van der Waals surface area (Å²) in [4.78, 5) is 0. The summed E-state index contributed by atoms with van der Waals surface area (Å²) in [7, 11) is -3.10. The summed E-state index contributed by atoms with van der Waals surface area (Å²) in [5, 5.41) is 4.07. The highest BCUT2D eigenvalue weighted by atomic mass is 32.2. The lowest BCUT2D eigenvalue weighted by Crippen LogP contribution is -2.13. The predicted molar refractivity (Wildman–Crippen MR) is 63.7 cm³/mol. The van der Waals surface area contributed by atoms with Crippen molar-refractivity contribution in [2.45, 2.75) is 6.92 Å².